The Labute approximate surface area is 428 Å². The number of rotatable bonds is 9. The average Bonchev–Trinajstić information content (AvgIpc) is 3.36. The first kappa shape index (κ1) is 58.7. The molecule has 3 heterocycles. The summed E-state index contributed by atoms with van der Waals surface area (Å²) in [5.41, 5.74) is 2.39. The molecule has 0 unspecified atom stereocenters. The smallest absolute Gasteiger partial charge is 0.329 e. The number of allylic oxidation sites excluding steroid dienone is 6. The normalized spacial score (nSPS) is 37.6. The van der Waals surface area contributed by atoms with E-state index in [9.17, 15) is 39.3 Å². The fraction of sp³-hybridized carbons (Fsp3) is 0.672. The van der Waals surface area contributed by atoms with Crippen LogP contribution in [0.2, 0.25) is 0 Å². The summed E-state index contributed by atoms with van der Waals surface area (Å²) >= 11 is 0. The van der Waals surface area contributed by atoms with Gasteiger partial charge in [0.15, 0.2) is 5.78 Å². The molecule has 1 aliphatic carbocycles. The molecule has 15 atom stereocenters. The van der Waals surface area contributed by atoms with Crippen LogP contribution in [-0.4, -0.2) is 131 Å². The number of Topliss-reactive ketones (excluding diaryl/α,β-unsaturated/α-hetero) is 3. The minimum atomic E-state index is -2.46. The summed E-state index contributed by atoms with van der Waals surface area (Å²) in [4.78, 5) is 72.6. The number of hydrogen-bond acceptors (Lipinski definition) is 13. The topological polar surface area (TPSA) is 195 Å². The van der Waals surface area contributed by atoms with Crippen molar-refractivity contribution in [1.29, 1.82) is 0 Å². The van der Waals surface area contributed by atoms with Gasteiger partial charge in [-0.3, -0.25) is 19.2 Å². The van der Waals surface area contributed by atoms with Crippen molar-refractivity contribution in [3.8, 4) is 0 Å². The van der Waals surface area contributed by atoms with Crippen molar-refractivity contribution in [2.24, 2.45) is 35.5 Å². The van der Waals surface area contributed by atoms with E-state index in [1.54, 1.807) is 34.0 Å². The molecule has 14 heteroatoms. The zero-order chi connectivity index (χ0) is 52.7. The summed E-state index contributed by atoms with van der Waals surface area (Å²) in [5.74, 6) is -8.08. The van der Waals surface area contributed by atoms with Gasteiger partial charge < -0.3 is 43.9 Å². The second-order valence-electron chi connectivity index (χ2n) is 21.5. The Kier molecular flexibility index (Phi) is 22.8. The van der Waals surface area contributed by atoms with E-state index in [2.05, 4.69) is 0 Å². The van der Waals surface area contributed by atoms with Gasteiger partial charge in [0.2, 0.25) is 5.79 Å². The standard InChI is InChI=1S/C58H85NO13/c1-36-18-12-10-13-19-37(2)49(70-29-27-43-20-14-11-15-21-43)34-45-25-23-42(7)58(67,72-45)55(64)56(65)59-28-17-16-22-46(59)57(66)71-50(39(4)32-44-24-26-47(60)51(33-44)68-8)35-48(61)38(3)31-41(6)53(63)54(69-9)52(62)40(5)30-36/h10-15,18-21,31,36,38-40,42,44-47,49-51,53-54,60,63,67H,16-17,22-30,32-35H2,1-9H3/b13-10+,18-12+,37-19+,41-31+/t36-,38-,39-,40-,42-,44+,45+,46+,47-,49+,50+,51-,53-,54+,58-/m1/s1. The highest BCUT2D eigenvalue weighted by molar-refractivity contribution is 6.39. The van der Waals surface area contributed by atoms with E-state index in [4.69, 9.17) is 23.7 Å². The Hall–Kier alpha value is -4.15. The number of hydrogen-bond donors (Lipinski definition) is 3. The van der Waals surface area contributed by atoms with Crippen molar-refractivity contribution in [3.05, 3.63) is 83.5 Å². The number of aliphatic hydroxyl groups excluding tert-OH is 2. The molecule has 3 fully saturated rings. The molecule has 2 bridgehead atoms. The Morgan fingerprint density at radius 1 is 0.847 bits per heavy atom. The molecule has 72 heavy (non-hydrogen) atoms. The SMILES string of the molecule is CO[C@@H]1C[C@H](C[C@@H](C)[C@@H]2CC(=O)[C@H](C)/C=C(\C)[C@@H](O)[C@@H](OC)C(=O)[C@H](C)C[C@H](C)/C=C/C=C/C=C(\C)[C@@H](OCCc3ccccc3)C[C@@H]3CC[C@@H](C)[C@@](O)(O3)C(=O)C(=O)N3CCCC[C@H]3C(=O)O2)CC[C@H]1O. The molecule has 3 aliphatic heterocycles. The molecule has 1 aromatic carbocycles. The number of nitrogens with zero attached hydrogens (tertiary/aromatic N) is 1. The Morgan fingerprint density at radius 3 is 2.29 bits per heavy atom. The highest BCUT2D eigenvalue weighted by Crippen LogP contribution is 2.38. The molecule has 3 N–H and O–H groups in total. The van der Waals surface area contributed by atoms with Gasteiger partial charge in [-0.15, -0.1) is 0 Å². The van der Waals surface area contributed by atoms with E-state index in [1.807, 2.05) is 88.4 Å². The molecule has 0 aromatic heterocycles. The first-order chi connectivity index (χ1) is 34.3. The fourth-order valence-corrected chi connectivity index (χ4v) is 11.0. The number of ketones is 3. The number of carbonyl (C=O) groups excluding carboxylic acids is 5. The van der Waals surface area contributed by atoms with Gasteiger partial charge in [-0.05, 0) is 119 Å². The number of fused-ring (bicyclic) bond motifs is 3. The van der Waals surface area contributed by atoms with Crippen LogP contribution < -0.4 is 0 Å². The van der Waals surface area contributed by atoms with Crippen molar-refractivity contribution in [1.82, 2.24) is 4.90 Å². The second-order valence-corrected chi connectivity index (χ2v) is 21.5. The average molecular weight is 1000 g/mol. The third-order valence-corrected chi connectivity index (χ3v) is 15.7. The fourth-order valence-electron chi connectivity index (χ4n) is 11.0. The van der Waals surface area contributed by atoms with Gasteiger partial charge >= 0.3 is 5.97 Å². The molecule has 1 aromatic rings. The highest BCUT2D eigenvalue weighted by Gasteiger charge is 2.53. The number of carbonyl (C=O) groups is 5. The van der Waals surface area contributed by atoms with Crippen LogP contribution in [0.4, 0.5) is 0 Å². The molecule has 2 saturated heterocycles. The maximum Gasteiger partial charge on any atom is 0.329 e. The predicted octanol–water partition coefficient (Wildman–Crippen LogP) is 7.79. The van der Waals surface area contributed by atoms with Crippen molar-refractivity contribution >= 4 is 29.2 Å². The zero-order valence-electron chi connectivity index (χ0n) is 44.4. The van der Waals surface area contributed by atoms with Crippen molar-refractivity contribution < 1.29 is 63.0 Å². The summed E-state index contributed by atoms with van der Waals surface area (Å²) in [6, 6.07) is 8.83. The summed E-state index contributed by atoms with van der Waals surface area (Å²) in [6.07, 6.45) is 11.8. The molecule has 5 rings (SSSR count). The van der Waals surface area contributed by atoms with Crippen LogP contribution in [-0.2, 0) is 54.1 Å². The minimum absolute atomic E-state index is 0.00296. The maximum absolute atomic E-state index is 14.5. The number of piperidine rings is 1. The van der Waals surface area contributed by atoms with Gasteiger partial charge in [0, 0.05) is 51.4 Å². The molecule has 1 amide bonds. The van der Waals surface area contributed by atoms with Crippen molar-refractivity contribution in [2.45, 2.75) is 186 Å². The van der Waals surface area contributed by atoms with Gasteiger partial charge in [-0.2, -0.15) is 0 Å². The quantitative estimate of drug-likeness (QED) is 0.123. The summed E-state index contributed by atoms with van der Waals surface area (Å²) < 4.78 is 30.3. The largest absolute Gasteiger partial charge is 0.460 e. The van der Waals surface area contributed by atoms with Gasteiger partial charge in [-0.1, -0.05) is 101 Å². The lowest BCUT2D eigenvalue weighted by atomic mass is 9.78. The molecular formula is C58H85NO13. The van der Waals surface area contributed by atoms with E-state index in [1.165, 1.54) is 12.0 Å². The third kappa shape index (κ3) is 15.9. The molecule has 0 radical (unpaired) electrons. The number of benzene rings is 1. The number of ether oxygens (including phenoxy) is 5. The third-order valence-electron chi connectivity index (χ3n) is 15.7. The molecule has 400 valence electrons. The summed E-state index contributed by atoms with van der Waals surface area (Å²) in [5, 5.41) is 34.2. The predicted molar refractivity (Wildman–Crippen MR) is 274 cm³/mol. The van der Waals surface area contributed by atoms with Crippen molar-refractivity contribution in [2.75, 3.05) is 27.4 Å². The lowest BCUT2D eigenvalue weighted by Gasteiger charge is -2.43. The van der Waals surface area contributed by atoms with E-state index < -0.39 is 83.9 Å². The van der Waals surface area contributed by atoms with E-state index in [-0.39, 0.29) is 54.8 Å². The van der Waals surface area contributed by atoms with Crippen molar-refractivity contribution in [3.63, 3.8) is 0 Å². The van der Waals surface area contributed by atoms with Crippen LogP contribution in [0, 0.1) is 35.5 Å². The number of aliphatic hydroxyl groups is 3. The van der Waals surface area contributed by atoms with Crippen LogP contribution in [0.1, 0.15) is 131 Å². The first-order valence-electron chi connectivity index (χ1n) is 26.6. The molecule has 4 aliphatic rings. The lowest BCUT2D eigenvalue weighted by Crippen LogP contribution is -2.61. The van der Waals surface area contributed by atoms with Gasteiger partial charge in [0.05, 0.1) is 31.0 Å². The van der Waals surface area contributed by atoms with Crippen LogP contribution in [0.15, 0.2) is 77.9 Å². The minimum Gasteiger partial charge on any atom is -0.460 e. The molecule has 0 spiro atoms. The molecule has 14 nitrogen and oxygen atoms in total. The highest BCUT2D eigenvalue weighted by atomic mass is 16.6. The van der Waals surface area contributed by atoms with E-state index in [0.717, 1.165) is 17.6 Å². The van der Waals surface area contributed by atoms with Crippen LogP contribution >= 0.6 is 0 Å². The van der Waals surface area contributed by atoms with E-state index >= 15 is 0 Å². The number of methoxy groups -OCH3 is 2. The van der Waals surface area contributed by atoms with Gasteiger partial charge in [-0.25, -0.2) is 4.79 Å². The summed E-state index contributed by atoms with van der Waals surface area (Å²) in [7, 11) is 2.95. The monoisotopic (exact) mass is 1000 g/mol. The summed E-state index contributed by atoms with van der Waals surface area (Å²) in [6.45, 7) is 13.2. The van der Waals surface area contributed by atoms with Gasteiger partial charge in [0.1, 0.15) is 30.1 Å². The number of esters is 1. The number of cyclic esters (lactones) is 1. The van der Waals surface area contributed by atoms with Gasteiger partial charge in [0.25, 0.3) is 11.7 Å². The first-order valence-corrected chi connectivity index (χ1v) is 26.6. The van der Waals surface area contributed by atoms with Crippen LogP contribution in [0.3, 0.4) is 0 Å². The van der Waals surface area contributed by atoms with Crippen LogP contribution in [0.5, 0.6) is 0 Å². The second kappa shape index (κ2) is 27.9. The molecular weight excluding hydrogens is 919 g/mol. The lowest BCUT2D eigenvalue weighted by molar-refractivity contribution is -0.266. The van der Waals surface area contributed by atoms with Crippen LogP contribution in [0.25, 0.3) is 0 Å². The Balaban J connectivity index is 1.48. The van der Waals surface area contributed by atoms with E-state index in [0.29, 0.717) is 76.4 Å². The Morgan fingerprint density at radius 2 is 1.58 bits per heavy atom. The number of amides is 1. The maximum atomic E-state index is 14.5. The zero-order valence-corrected chi connectivity index (χ0v) is 44.4. The Bertz CT molecular complexity index is 2080. The molecule has 1 saturated carbocycles.